The SMILES string of the molecule is CCCCNS(=O)(=O)c1cccc(NC(=O)c2ncc(NC(C)(C)CO)nc2N2CCC3(CC2)CC3)n1. The number of aliphatic hydroxyl groups is 1. The van der Waals surface area contributed by atoms with Crippen LogP contribution in [0, 0.1) is 5.41 Å². The molecule has 1 aliphatic carbocycles. The summed E-state index contributed by atoms with van der Waals surface area (Å²) in [4.78, 5) is 28.7. The molecule has 1 saturated heterocycles. The number of hydrogen-bond donors (Lipinski definition) is 4. The molecule has 1 amide bonds. The molecule has 0 atom stereocenters. The lowest BCUT2D eigenvalue weighted by Crippen LogP contribution is -2.38. The van der Waals surface area contributed by atoms with Crippen LogP contribution in [0.3, 0.4) is 0 Å². The second-order valence-electron chi connectivity index (χ2n) is 10.6. The Bertz CT molecular complexity index is 1220. The van der Waals surface area contributed by atoms with E-state index in [1.807, 2.05) is 20.8 Å². The minimum atomic E-state index is -3.79. The lowest BCUT2D eigenvalue weighted by molar-refractivity contribution is 0.102. The van der Waals surface area contributed by atoms with Crippen molar-refractivity contribution in [1.82, 2.24) is 19.7 Å². The zero-order valence-electron chi connectivity index (χ0n) is 21.7. The number of anilines is 3. The van der Waals surface area contributed by atoms with Crippen LogP contribution in [0.4, 0.5) is 17.5 Å². The van der Waals surface area contributed by atoms with E-state index in [1.165, 1.54) is 37.2 Å². The van der Waals surface area contributed by atoms with Crippen molar-refractivity contribution >= 4 is 33.4 Å². The number of unbranched alkanes of at least 4 members (excludes halogenated alkanes) is 1. The van der Waals surface area contributed by atoms with Gasteiger partial charge in [0, 0.05) is 19.6 Å². The van der Waals surface area contributed by atoms with E-state index in [9.17, 15) is 18.3 Å². The number of piperidine rings is 1. The molecule has 2 aromatic rings. The molecule has 4 rings (SSSR count). The molecule has 0 radical (unpaired) electrons. The number of sulfonamides is 1. The Morgan fingerprint density at radius 2 is 1.86 bits per heavy atom. The summed E-state index contributed by atoms with van der Waals surface area (Å²) in [5.74, 6) is 0.497. The average molecular weight is 532 g/mol. The Balaban J connectivity index is 1.57. The molecule has 2 aromatic heterocycles. The number of carbonyl (C=O) groups is 1. The van der Waals surface area contributed by atoms with Gasteiger partial charge < -0.3 is 20.6 Å². The number of pyridine rings is 1. The number of aromatic nitrogens is 3. The van der Waals surface area contributed by atoms with Crippen LogP contribution >= 0.6 is 0 Å². The zero-order valence-corrected chi connectivity index (χ0v) is 22.6. The van der Waals surface area contributed by atoms with Crippen molar-refractivity contribution in [1.29, 1.82) is 0 Å². The fraction of sp³-hybridized carbons (Fsp3) is 0.600. The number of aliphatic hydroxyl groups excluding tert-OH is 1. The normalized spacial score (nSPS) is 17.0. The van der Waals surface area contributed by atoms with Gasteiger partial charge in [0.25, 0.3) is 15.9 Å². The van der Waals surface area contributed by atoms with E-state index < -0.39 is 21.5 Å². The van der Waals surface area contributed by atoms with Crippen LogP contribution in [-0.4, -0.2) is 66.2 Å². The molecule has 4 N–H and O–H groups in total. The average Bonchev–Trinajstić information content (AvgIpc) is 3.63. The van der Waals surface area contributed by atoms with Crippen molar-refractivity contribution in [2.75, 3.05) is 41.8 Å². The Labute approximate surface area is 218 Å². The molecule has 0 bridgehead atoms. The summed E-state index contributed by atoms with van der Waals surface area (Å²) in [6.07, 6.45) is 7.64. The highest BCUT2D eigenvalue weighted by Crippen LogP contribution is 2.54. The molecular weight excluding hydrogens is 494 g/mol. The van der Waals surface area contributed by atoms with Crippen LogP contribution < -0.4 is 20.3 Å². The van der Waals surface area contributed by atoms with E-state index in [2.05, 4.69) is 30.2 Å². The van der Waals surface area contributed by atoms with E-state index in [-0.39, 0.29) is 23.1 Å². The summed E-state index contributed by atoms with van der Waals surface area (Å²) >= 11 is 0. The zero-order chi connectivity index (χ0) is 26.7. The van der Waals surface area contributed by atoms with Gasteiger partial charge in [-0.15, -0.1) is 0 Å². The van der Waals surface area contributed by atoms with Gasteiger partial charge in [-0.1, -0.05) is 19.4 Å². The number of carbonyl (C=O) groups excluding carboxylic acids is 1. The summed E-state index contributed by atoms with van der Waals surface area (Å²) in [7, 11) is -3.79. The van der Waals surface area contributed by atoms with Crippen LogP contribution in [0.2, 0.25) is 0 Å². The number of hydrogen-bond acceptors (Lipinski definition) is 9. The fourth-order valence-corrected chi connectivity index (χ4v) is 5.38. The summed E-state index contributed by atoms with van der Waals surface area (Å²) < 4.78 is 27.7. The summed E-state index contributed by atoms with van der Waals surface area (Å²) in [6.45, 7) is 7.43. The highest BCUT2D eigenvalue weighted by atomic mass is 32.2. The minimum Gasteiger partial charge on any atom is -0.394 e. The second-order valence-corrected chi connectivity index (χ2v) is 12.4. The number of nitrogens with one attached hydrogen (secondary N) is 3. The molecule has 1 aliphatic heterocycles. The van der Waals surface area contributed by atoms with E-state index in [4.69, 9.17) is 4.98 Å². The van der Waals surface area contributed by atoms with Gasteiger partial charge >= 0.3 is 0 Å². The third-order valence-corrected chi connectivity index (χ3v) is 8.34. The topological polar surface area (TPSA) is 149 Å². The monoisotopic (exact) mass is 531 g/mol. The Morgan fingerprint density at radius 3 is 2.51 bits per heavy atom. The van der Waals surface area contributed by atoms with Crippen LogP contribution in [0.5, 0.6) is 0 Å². The Hall–Kier alpha value is -2.83. The molecule has 37 heavy (non-hydrogen) atoms. The van der Waals surface area contributed by atoms with Crippen molar-refractivity contribution in [2.45, 2.75) is 69.9 Å². The second kappa shape index (κ2) is 10.9. The fourth-order valence-electron chi connectivity index (χ4n) is 4.34. The first-order valence-electron chi connectivity index (χ1n) is 12.9. The molecule has 2 fully saturated rings. The summed E-state index contributed by atoms with van der Waals surface area (Å²) in [5.41, 5.74) is -0.0334. The quantitative estimate of drug-likeness (QED) is 0.321. The summed E-state index contributed by atoms with van der Waals surface area (Å²) in [5, 5.41) is 15.3. The first-order valence-corrected chi connectivity index (χ1v) is 14.3. The molecule has 2 aliphatic rings. The van der Waals surface area contributed by atoms with Gasteiger partial charge in [-0.3, -0.25) is 4.79 Å². The molecular formula is C25H37N7O4S. The van der Waals surface area contributed by atoms with E-state index in [0.717, 1.165) is 38.8 Å². The van der Waals surface area contributed by atoms with Gasteiger partial charge in [0.2, 0.25) is 0 Å². The number of amides is 1. The lowest BCUT2D eigenvalue weighted by atomic mass is 9.93. The Kier molecular flexibility index (Phi) is 8.00. The maximum Gasteiger partial charge on any atom is 0.279 e. The summed E-state index contributed by atoms with van der Waals surface area (Å²) in [6, 6.07) is 4.46. The van der Waals surface area contributed by atoms with Crippen molar-refractivity contribution in [3.8, 4) is 0 Å². The third kappa shape index (κ3) is 6.74. The highest BCUT2D eigenvalue weighted by molar-refractivity contribution is 7.89. The maximum absolute atomic E-state index is 13.3. The molecule has 11 nitrogen and oxygen atoms in total. The molecule has 12 heteroatoms. The first-order chi connectivity index (χ1) is 17.6. The van der Waals surface area contributed by atoms with Crippen LogP contribution in [0.25, 0.3) is 0 Å². The first kappa shape index (κ1) is 27.2. The van der Waals surface area contributed by atoms with Crippen LogP contribution in [-0.2, 0) is 10.0 Å². The minimum absolute atomic E-state index is 0.100. The lowest BCUT2D eigenvalue weighted by Gasteiger charge is -2.34. The highest BCUT2D eigenvalue weighted by Gasteiger charge is 2.45. The van der Waals surface area contributed by atoms with E-state index in [0.29, 0.717) is 23.6 Å². The van der Waals surface area contributed by atoms with E-state index in [1.54, 1.807) is 0 Å². The van der Waals surface area contributed by atoms with Gasteiger partial charge in [0.15, 0.2) is 16.5 Å². The molecule has 3 heterocycles. The smallest absolute Gasteiger partial charge is 0.279 e. The molecule has 0 unspecified atom stereocenters. The van der Waals surface area contributed by atoms with Gasteiger partial charge in [-0.2, -0.15) is 0 Å². The van der Waals surface area contributed by atoms with Crippen LogP contribution in [0.15, 0.2) is 29.4 Å². The predicted molar refractivity (Wildman–Crippen MR) is 142 cm³/mol. The van der Waals surface area contributed by atoms with Crippen molar-refractivity contribution in [2.24, 2.45) is 5.41 Å². The standard InChI is InChI=1S/C25H37N7O4S/c1-4-5-13-27-37(35,36)20-8-6-7-18(28-20)30-23(34)21-22(32-14-11-25(9-10-25)12-15-32)29-19(16-26-21)31-24(2,3)17-33/h6-8,16,27,33H,4-5,9-15,17H2,1-3H3,(H,29,31)(H,28,30,34). The number of rotatable bonds is 11. The van der Waals surface area contributed by atoms with Crippen LogP contribution in [0.1, 0.15) is 69.8 Å². The maximum atomic E-state index is 13.3. The molecule has 202 valence electrons. The van der Waals surface area contributed by atoms with Gasteiger partial charge in [-0.25, -0.2) is 28.1 Å². The van der Waals surface area contributed by atoms with Gasteiger partial charge in [0.05, 0.1) is 18.3 Å². The molecule has 1 saturated carbocycles. The third-order valence-electron chi connectivity index (χ3n) is 6.97. The van der Waals surface area contributed by atoms with E-state index >= 15 is 0 Å². The van der Waals surface area contributed by atoms with Crippen molar-refractivity contribution < 1.29 is 18.3 Å². The molecule has 1 spiro atoms. The van der Waals surface area contributed by atoms with Crippen molar-refractivity contribution in [3.63, 3.8) is 0 Å². The number of nitrogens with zero attached hydrogens (tertiary/aromatic N) is 4. The van der Waals surface area contributed by atoms with Crippen molar-refractivity contribution in [3.05, 3.63) is 30.1 Å². The van der Waals surface area contributed by atoms with Gasteiger partial charge in [0.1, 0.15) is 11.6 Å². The largest absolute Gasteiger partial charge is 0.394 e. The molecule has 0 aromatic carbocycles. The Morgan fingerprint density at radius 1 is 1.14 bits per heavy atom. The van der Waals surface area contributed by atoms with Gasteiger partial charge in [-0.05, 0) is 63.5 Å². The predicted octanol–water partition coefficient (Wildman–Crippen LogP) is 2.77.